The molecule has 6 nitrogen and oxygen atoms in total. The van der Waals surface area contributed by atoms with Crippen molar-refractivity contribution in [2.24, 2.45) is 0 Å². The number of carbonyl (C=O) groups is 1. The summed E-state index contributed by atoms with van der Waals surface area (Å²) in [5.41, 5.74) is -0.156. The Kier molecular flexibility index (Phi) is 3.29. The Morgan fingerprint density at radius 1 is 1.33 bits per heavy atom. The maximum atomic E-state index is 10.6. The van der Waals surface area contributed by atoms with Gasteiger partial charge in [-0.15, -0.1) is 0 Å². The predicted octanol–water partition coefficient (Wildman–Crippen LogP) is 3.45. The van der Waals surface area contributed by atoms with Gasteiger partial charge in [-0.3, -0.25) is 14.9 Å². The third-order valence-electron chi connectivity index (χ3n) is 2.05. The second-order valence-corrected chi connectivity index (χ2v) is 3.66. The van der Waals surface area contributed by atoms with Crippen molar-refractivity contribution >= 4 is 23.6 Å². The van der Waals surface area contributed by atoms with Crippen molar-refractivity contribution in [1.29, 1.82) is 0 Å². The van der Waals surface area contributed by atoms with Crippen molar-refractivity contribution in [2.75, 3.05) is 0 Å². The number of benzene rings is 1. The Bertz CT molecular complexity index is 607. The number of rotatable bonds is 4. The molecule has 7 heteroatoms. The highest BCUT2D eigenvalue weighted by Gasteiger charge is 2.13. The van der Waals surface area contributed by atoms with Crippen molar-refractivity contribution in [3.63, 3.8) is 0 Å². The average molecular weight is 268 g/mol. The molecule has 1 aromatic carbocycles. The number of ether oxygens (including phenoxy) is 1. The van der Waals surface area contributed by atoms with E-state index < -0.39 is 4.92 Å². The summed E-state index contributed by atoms with van der Waals surface area (Å²) < 4.78 is 10.2. The molecule has 2 rings (SSSR count). The average Bonchev–Trinajstić information content (AvgIpc) is 2.79. The summed E-state index contributed by atoms with van der Waals surface area (Å²) in [4.78, 5) is 20.5. The molecule has 0 atom stereocenters. The zero-order valence-electron chi connectivity index (χ0n) is 8.83. The predicted molar refractivity (Wildman–Crippen MR) is 62.3 cm³/mol. The SMILES string of the molecule is O=Cc1ccc(Oc2cc([N+](=O)[O-])ccc2Cl)o1. The molecule has 2 aromatic rings. The lowest BCUT2D eigenvalue weighted by Gasteiger charge is -2.03. The molecule has 0 aliphatic carbocycles. The van der Waals surface area contributed by atoms with Crippen molar-refractivity contribution in [3.8, 4) is 11.7 Å². The Morgan fingerprint density at radius 2 is 2.11 bits per heavy atom. The fourth-order valence-corrected chi connectivity index (χ4v) is 1.40. The summed E-state index contributed by atoms with van der Waals surface area (Å²) in [6.45, 7) is 0. The van der Waals surface area contributed by atoms with Crippen LogP contribution in [-0.4, -0.2) is 11.2 Å². The van der Waals surface area contributed by atoms with E-state index in [2.05, 4.69) is 0 Å². The van der Waals surface area contributed by atoms with Gasteiger partial charge < -0.3 is 9.15 Å². The molecule has 0 N–H and O–H groups in total. The van der Waals surface area contributed by atoms with E-state index in [0.717, 1.165) is 0 Å². The normalized spacial score (nSPS) is 10.1. The summed E-state index contributed by atoms with van der Waals surface area (Å²) in [6.07, 6.45) is 0.516. The molecule has 0 aliphatic heterocycles. The molecule has 92 valence electrons. The minimum atomic E-state index is -0.567. The number of carbonyl (C=O) groups excluding carboxylic acids is 1. The Hall–Kier alpha value is -2.34. The maximum Gasteiger partial charge on any atom is 0.290 e. The minimum absolute atomic E-state index is 0.0273. The highest BCUT2D eigenvalue weighted by molar-refractivity contribution is 6.32. The number of nitrogens with zero attached hydrogens (tertiary/aromatic N) is 1. The number of aldehydes is 1. The van der Waals surface area contributed by atoms with Crippen LogP contribution in [0.1, 0.15) is 10.6 Å². The second-order valence-electron chi connectivity index (χ2n) is 3.25. The van der Waals surface area contributed by atoms with Crippen LogP contribution < -0.4 is 4.74 Å². The first-order valence-corrected chi connectivity index (χ1v) is 5.15. The Labute approximate surface area is 106 Å². The Balaban J connectivity index is 2.30. The lowest BCUT2D eigenvalue weighted by molar-refractivity contribution is -0.384. The summed E-state index contributed by atoms with van der Waals surface area (Å²) >= 11 is 5.83. The van der Waals surface area contributed by atoms with Gasteiger partial charge >= 0.3 is 0 Å². The van der Waals surface area contributed by atoms with Gasteiger partial charge in [0.1, 0.15) is 0 Å². The van der Waals surface area contributed by atoms with E-state index in [9.17, 15) is 14.9 Å². The van der Waals surface area contributed by atoms with E-state index in [4.69, 9.17) is 20.8 Å². The molecule has 0 fully saturated rings. The smallest absolute Gasteiger partial charge is 0.290 e. The summed E-state index contributed by atoms with van der Waals surface area (Å²) in [5.74, 6) is 0.198. The van der Waals surface area contributed by atoms with Crippen molar-refractivity contribution in [2.45, 2.75) is 0 Å². The van der Waals surface area contributed by atoms with Gasteiger partial charge in [0, 0.05) is 12.1 Å². The highest BCUT2D eigenvalue weighted by Crippen LogP contribution is 2.33. The molecular weight excluding hydrogens is 262 g/mol. The van der Waals surface area contributed by atoms with Crippen LogP contribution in [0.4, 0.5) is 5.69 Å². The van der Waals surface area contributed by atoms with Crippen LogP contribution >= 0.6 is 11.6 Å². The fourth-order valence-electron chi connectivity index (χ4n) is 1.24. The van der Waals surface area contributed by atoms with Gasteiger partial charge in [-0.2, -0.15) is 0 Å². The molecular formula is C11H6ClNO5. The van der Waals surface area contributed by atoms with Crippen LogP contribution in [0.15, 0.2) is 34.7 Å². The first kappa shape index (κ1) is 12.1. The summed E-state index contributed by atoms with van der Waals surface area (Å²) in [5, 5.41) is 10.8. The minimum Gasteiger partial charge on any atom is -0.424 e. The summed E-state index contributed by atoms with van der Waals surface area (Å²) in [7, 11) is 0. The van der Waals surface area contributed by atoms with E-state index in [0.29, 0.717) is 6.29 Å². The van der Waals surface area contributed by atoms with E-state index >= 15 is 0 Å². The monoisotopic (exact) mass is 267 g/mol. The lowest BCUT2D eigenvalue weighted by Crippen LogP contribution is -1.90. The van der Waals surface area contributed by atoms with Crippen molar-refractivity contribution < 1.29 is 18.9 Å². The molecule has 0 spiro atoms. The van der Waals surface area contributed by atoms with E-state index in [-0.39, 0.29) is 28.2 Å². The molecule has 0 radical (unpaired) electrons. The first-order valence-electron chi connectivity index (χ1n) is 4.77. The van der Waals surface area contributed by atoms with Gasteiger partial charge in [0.05, 0.1) is 16.0 Å². The topological polar surface area (TPSA) is 82.6 Å². The number of nitro benzene ring substituents is 1. The quantitative estimate of drug-likeness (QED) is 0.481. The molecule has 18 heavy (non-hydrogen) atoms. The first-order chi connectivity index (χ1) is 8.60. The lowest BCUT2D eigenvalue weighted by atomic mass is 10.3. The molecule has 1 heterocycles. The molecule has 0 saturated heterocycles. The van der Waals surface area contributed by atoms with Gasteiger partial charge in [0.15, 0.2) is 17.8 Å². The molecule has 1 aromatic heterocycles. The van der Waals surface area contributed by atoms with Gasteiger partial charge in [0.25, 0.3) is 11.6 Å². The van der Waals surface area contributed by atoms with E-state index in [1.165, 1.54) is 30.3 Å². The zero-order chi connectivity index (χ0) is 13.1. The van der Waals surface area contributed by atoms with Crippen molar-refractivity contribution in [3.05, 3.63) is 51.2 Å². The third kappa shape index (κ3) is 2.49. The third-order valence-corrected chi connectivity index (χ3v) is 2.37. The number of hydrogen-bond donors (Lipinski definition) is 0. The van der Waals surface area contributed by atoms with Crippen LogP contribution in [0.3, 0.4) is 0 Å². The number of non-ortho nitro benzene ring substituents is 1. The van der Waals surface area contributed by atoms with Gasteiger partial charge in [-0.25, -0.2) is 0 Å². The fraction of sp³-hybridized carbons (Fsp3) is 0. The van der Waals surface area contributed by atoms with Crippen LogP contribution in [0, 0.1) is 10.1 Å². The van der Waals surface area contributed by atoms with E-state index in [1.54, 1.807) is 0 Å². The molecule has 0 saturated carbocycles. The van der Waals surface area contributed by atoms with Gasteiger partial charge in [-0.05, 0) is 12.1 Å². The summed E-state index contributed by atoms with van der Waals surface area (Å²) in [6, 6.07) is 6.60. The second kappa shape index (κ2) is 4.89. The van der Waals surface area contributed by atoms with Gasteiger partial charge in [-0.1, -0.05) is 11.6 Å². The number of nitro groups is 1. The molecule has 0 bridgehead atoms. The van der Waals surface area contributed by atoms with E-state index in [1.807, 2.05) is 0 Å². The number of halogens is 1. The van der Waals surface area contributed by atoms with Gasteiger partial charge in [0.2, 0.25) is 0 Å². The maximum absolute atomic E-state index is 10.6. The molecule has 0 amide bonds. The Morgan fingerprint density at radius 3 is 2.72 bits per heavy atom. The molecule has 0 aliphatic rings. The van der Waals surface area contributed by atoms with Crippen LogP contribution in [-0.2, 0) is 0 Å². The van der Waals surface area contributed by atoms with Crippen LogP contribution in [0.5, 0.6) is 11.7 Å². The van der Waals surface area contributed by atoms with Crippen LogP contribution in [0.25, 0.3) is 0 Å². The zero-order valence-corrected chi connectivity index (χ0v) is 9.59. The van der Waals surface area contributed by atoms with Crippen LogP contribution in [0.2, 0.25) is 5.02 Å². The number of furan rings is 1. The number of hydrogen-bond acceptors (Lipinski definition) is 5. The highest BCUT2D eigenvalue weighted by atomic mass is 35.5. The largest absolute Gasteiger partial charge is 0.424 e. The standard InChI is InChI=1S/C11H6ClNO5/c12-9-3-1-7(13(15)16)5-10(9)18-11-4-2-8(6-14)17-11/h1-6H. The van der Waals surface area contributed by atoms with Crippen molar-refractivity contribution in [1.82, 2.24) is 0 Å². The molecule has 0 unspecified atom stereocenters.